The summed E-state index contributed by atoms with van der Waals surface area (Å²) >= 11 is 3.38. The van der Waals surface area contributed by atoms with Gasteiger partial charge in [0.05, 0.1) is 20.2 Å². The van der Waals surface area contributed by atoms with E-state index >= 15 is 0 Å². The number of nitrogens with one attached hydrogen (secondary N) is 1. The number of methoxy groups -OCH3 is 1. The molecule has 1 N–H and O–H groups in total. The fourth-order valence-electron chi connectivity index (χ4n) is 1.69. The monoisotopic (exact) mass is 342 g/mol. The molecule has 20 heavy (non-hydrogen) atoms. The van der Waals surface area contributed by atoms with Crippen LogP contribution in [-0.4, -0.2) is 43.5 Å². The number of halogens is 1. The van der Waals surface area contributed by atoms with Crippen molar-refractivity contribution in [2.24, 2.45) is 0 Å². The minimum absolute atomic E-state index is 0.111. The zero-order chi connectivity index (χ0) is 15.1. The molecule has 0 bridgehead atoms. The summed E-state index contributed by atoms with van der Waals surface area (Å²) in [6.07, 6.45) is 0. The Kier molecular flexibility index (Phi) is 6.67. The van der Waals surface area contributed by atoms with E-state index in [2.05, 4.69) is 26.0 Å². The number of hydrogen-bond acceptors (Lipinski definition) is 4. The number of anilines is 1. The van der Waals surface area contributed by atoms with Crippen molar-refractivity contribution < 1.29 is 14.3 Å². The standard InChI is InChI=1S/C14H19BrN2O3/c1-4-17(9-14(19)20-3)8-13(18)16-12-6-5-11(15)7-10(12)2/h5-7H,4,8-9H2,1-3H3,(H,16,18). The third kappa shape index (κ3) is 5.30. The van der Waals surface area contributed by atoms with Crippen LogP contribution in [0.1, 0.15) is 12.5 Å². The van der Waals surface area contributed by atoms with Gasteiger partial charge in [-0.2, -0.15) is 0 Å². The Balaban J connectivity index is 2.59. The van der Waals surface area contributed by atoms with E-state index in [-0.39, 0.29) is 25.0 Å². The lowest BCUT2D eigenvalue weighted by Gasteiger charge is -2.18. The minimum atomic E-state index is -0.348. The first-order valence-corrected chi connectivity index (χ1v) is 7.10. The molecule has 0 aliphatic heterocycles. The Morgan fingerprint density at radius 2 is 2.05 bits per heavy atom. The third-order valence-corrected chi connectivity index (χ3v) is 3.35. The van der Waals surface area contributed by atoms with Crippen molar-refractivity contribution >= 4 is 33.5 Å². The number of ether oxygens (including phenoxy) is 1. The quantitative estimate of drug-likeness (QED) is 0.805. The molecule has 0 fully saturated rings. The van der Waals surface area contributed by atoms with Crippen LogP contribution in [0.3, 0.4) is 0 Å². The highest BCUT2D eigenvalue weighted by Crippen LogP contribution is 2.19. The maximum Gasteiger partial charge on any atom is 0.319 e. The number of carbonyl (C=O) groups is 2. The molecule has 0 heterocycles. The van der Waals surface area contributed by atoms with Gasteiger partial charge in [-0.1, -0.05) is 22.9 Å². The van der Waals surface area contributed by atoms with Gasteiger partial charge in [0.2, 0.25) is 5.91 Å². The molecule has 0 atom stereocenters. The smallest absolute Gasteiger partial charge is 0.319 e. The van der Waals surface area contributed by atoms with Crippen molar-refractivity contribution in [2.75, 3.05) is 32.1 Å². The molecule has 5 nitrogen and oxygen atoms in total. The number of rotatable bonds is 6. The van der Waals surface area contributed by atoms with Crippen molar-refractivity contribution in [3.8, 4) is 0 Å². The molecule has 0 unspecified atom stereocenters. The van der Waals surface area contributed by atoms with Gasteiger partial charge in [-0.25, -0.2) is 0 Å². The zero-order valence-electron chi connectivity index (χ0n) is 11.9. The second-order valence-electron chi connectivity index (χ2n) is 4.39. The Bertz CT molecular complexity index is 491. The van der Waals surface area contributed by atoms with Crippen molar-refractivity contribution in [1.29, 1.82) is 0 Å². The van der Waals surface area contributed by atoms with Gasteiger partial charge in [-0.15, -0.1) is 0 Å². The number of carbonyl (C=O) groups excluding carboxylic acids is 2. The number of hydrogen-bond donors (Lipinski definition) is 1. The highest BCUT2D eigenvalue weighted by molar-refractivity contribution is 9.10. The molecule has 0 radical (unpaired) electrons. The molecule has 6 heteroatoms. The maximum atomic E-state index is 12.0. The van der Waals surface area contributed by atoms with E-state index in [4.69, 9.17) is 0 Å². The van der Waals surface area contributed by atoms with E-state index < -0.39 is 0 Å². The number of esters is 1. The van der Waals surface area contributed by atoms with E-state index in [9.17, 15) is 9.59 Å². The van der Waals surface area contributed by atoms with Gasteiger partial charge in [0.1, 0.15) is 0 Å². The number of amides is 1. The third-order valence-electron chi connectivity index (χ3n) is 2.86. The van der Waals surface area contributed by atoms with Crippen molar-refractivity contribution in [3.63, 3.8) is 0 Å². The summed E-state index contributed by atoms with van der Waals surface area (Å²) in [7, 11) is 1.33. The lowest BCUT2D eigenvalue weighted by molar-refractivity contribution is -0.142. The van der Waals surface area contributed by atoms with Crippen molar-refractivity contribution in [2.45, 2.75) is 13.8 Å². The topological polar surface area (TPSA) is 58.6 Å². The van der Waals surface area contributed by atoms with Crippen molar-refractivity contribution in [1.82, 2.24) is 4.90 Å². The highest BCUT2D eigenvalue weighted by Gasteiger charge is 2.13. The molecule has 0 saturated heterocycles. The molecule has 1 aromatic carbocycles. The second kappa shape index (κ2) is 8.01. The molecule has 1 aromatic rings. The summed E-state index contributed by atoms with van der Waals surface area (Å²) in [6, 6.07) is 5.64. The Morgan fingerprint density at radius 1 is 1.35 bits per heavy atom. The molecule has 1 rings (SSSR count). The SMILES string of the molecule is CCN(CC(=O)Nc1ccc(Br)cc1C)CC(=O)OC. The van der Waals surface area contributed by atoms with Crippen LogP contribution in [0.25, 0.3) is 0 Å². The van der Waals surface area contributed by atoms with E-state index in [0.717, 1.165) is 15.7 Å². The van der Waals surface area contributed by atoms with E-state index in [1.54, 1.807) is 4.90 Å². The number of aryl methyl sites for hydroxylation is 1. The van der Waals surface area contributed by atoms with Crippen LogP contribution < -0.4 is 5.32 Å². The van der Waals surface area contributed by atoms with Crippen LogP contribution in [0.5, 0.6) is 0 Å². The normalized spacial score (nSPS) is 10.4. The predicted octanol–water partition coefficient (Wildman–Crippen LogP) is 2.19. The van der Waals surface area contributed by atoms with Crippen LogP contribution >= 0.6 is 15.9 Å². The molecule has 0 saturated carbocycles. The molecule has 0 aromatic heterocycles. The molecular weight excluding hydrogens is 324 g/mol. The van der Waals surface area contributed by atoms with Gasteiger partial charge in [-0.05, 0) is 37.2 Å². The first kappa shape index (κ1) is 16.7. The first-order chi connectivity index (χ1) is 9.46. The summed E-state index contributed by atoms with van der Waals surface area (Å²) in [5, 5.41) is 2.84. The summed E-state index contributed by atoms with van der Waals surface area (Å²) in [5.41, 5.74) is 1.75. The van der Waals surface area contributed by atoms with Crippen LogP contribution in [0, 0.1) is 6.92 Å². The minimum Gasteiger partial charge on any atom is -0.468 e. The van der Waals surface area contributed by atoms with Crippen LogP contribution in [-0.2, 0) is 14.3 Å². The van der Waals surface area contributed by atoms with E-state index in [1.807, 2.05) is 32.0 Å². The lowest BCUT2D eigenvalue weighted by Crippen LogP contribution is -2.37. The predicted molar refractivity (Wildman–Crippen MR) is 81.6 cm³/mol. The zero-order valence-corrected chi connectivity index (χ0v) is 13.5. The Morgan fingerprint density at radius 3 is 2.60 bits per heavy atom. The molecule has 0 aliphatic carbocycles. The van der Waals surface area contributed by atoms with Gasteiger partial charge in [-0.3, -0.25) is 14.5 Å². The maximum absolute atomic E-state index is 12.0. The number of nitrogens with zero attached hydrogens (tertiary/aromatic N) is 1. The van der Waals surface area contributed by atoms with Gasteiger partial charge in [0.25, 0.3) is 0 Å². The average molecular weight is 343 g/mol. The van der Waals surface area contributed by atoms with Crippen molar-refractivity contribution in [3.05, 3.63) is 28.2 Å². The largest absolute Gasteiger partial charge is 0.468 e. The summed E-state index contributed by atoms with van der Waals surface area (Å²) < 4.78 is 5.56. The molecule has 1 amide bonds. The van der Waals surface area contributed by atoms with Gasteiger partial charge in [0, 0.05) is 10.2 Å². The van der Waals surface area contributed by atoms with Gasteiger partial charge >= 0.3 is 5.97 Å². The van der Waals surface area contributed by atoms with Crippen LogP contribution in [0.2, 0.25) is 0 Å². The fourth-order valence-corrected chi connectivity index (χ4v) is 2.16. The number of likely N-dealkylation sites (N-methyl/N-ethyl adjacent to an activating group) is 1. The van der Waals surface area contributed by atoms with E-state index in [0.29, 0.717) is 6.54 Å². The Hall–Kier alpha value is -1.40. The van der Waals surface area contributed by atoms with Gasteiger partial charge < -0.3 is 10.1 Å². The lowest BCUT2D eigenvalue weighted by atomic mass is 10.2. The summed E-state index contributed by atoms with van der Waals surface area (Å²) in [4.78, 5) is 24.9. The second-order valence-corrected chi connectivity index (χ2v) is 5.30. The number of benzene rings is 1. The van der Waals surface area contributed by atoms with Crippen LogP contribution in [0.15, 0.2) is 22.7 Å². The molecular formula is C14H19BrN2O3. The molecule has 0 spiro atoms. The highest BCUT2D eigenvalue weighted by atomic mass is 79.9. The fraction of sp³-hybridized carbons (Fsp3) is 0.429. The molecule has 0 aliphatic rings. The summed E-state index contributed by atoms with van der Waals surface area (Å²) in [6.45, 7) is 4.68. The summed E-state index contributed by atoms with van der Waals surface area (Å²) in [5.74, 6) is -0.499. The van der Waals surface area contributed by atoms with E-state index in [1.165, 1.54) is 7.11 Å². The first-order valence-electron chi connectivity index (χ1n) is 6.31. The molecule has 110 valence electrons. The van der Waals surface area contributed by atoms with Crippen LogP contribution in [0.4, 0.5) is 5.69 Å². The Labute approximate surface area is 127 Å². The average Bonchev–Trinajstić information content (AvgIpc) is 2.41. The van der Waals surface area contributed by atoms with Gasteiger partial charge in [0.15, 0.2) is 0 Å².